The second-order valence-electron chi connectivity index (χ2n) is 6.28. The van der Waals surface area contributed by atoms with Crippen molar-refractivity contribution in [3.8, 4) is 17.6 Å². The van der Waals surface area contributed by atoms with E-state index in [0.29, 0.717) is 43.2 Å². The lowest BCUT2D eigenvalue weighted by Crippen LogP contribution is -2.23. The summed E-state index contributed by atoms with van der Waals surface area (Å²) in [6.45, 7) is 2.82. The molecule has 0 spiro atoms. The average molecular weight is 395 g/mol. The van der Waals surface area contributed by atoms with Gasteiger partial charge in [0.05, 0.1) is 19.8 Å². The third kappa shape index (κ3) is 7.18. The summed E-state index contributed by atoms with van der Waals surface area (Å²) in [7, 11) is 1.59. The van der Waals surface area contributed by atoms with Crippen LogP contribution in [-0.2, 0) is 22.6 Å². The minimum atomic E-state index is -0.362. The lowest BCUT2D eigenvalue weighted by Gasteiger charge is -2.11. The van der Waals surface area contributed by atoms with Crippen molar-refractivity contribution < 1.29 is 19.1 Å². The highest BCUT2D eigenvalue weighted by Gasteiger charge is 2.08. The number of hydrogen-bond donors (Lipinski definition) is 2. The van der Waals surface area contributed by atoms with Crippen molar-refractivity contribution in [2.24, 2.45) is 0 Å². The second kappa shape index (κ2) is 11.3. The normalized spacial score (nSPS) is 9.97. The van der Waals surface area contributed by atoms with E-state index in [-0.39, 0.29) is 18.2 Å². The van der Waals surface area contributed by atoms with Gasteiger partial charge < -0.3 is 20.1 Å². The molecule has 0 aromatic heterocycles. The lowest BCUT2D eigenvalue weighted by molar-refractivity contribution is -0.121. The van der Waals surface area contributed by atoms with Crippen LogP contribution in [0.3, 0.4) is 0 Å². The molecule has 2 amide bonds. The monoisotopic (exact) mass is 395 g/mol. The fourth-order valence-corrected chi connectivity index (χ4v) is 2.73. The number of carbonyl (C=O) groups is 2. The maximum atomic E-state index is 12.2. The van der Waals surface area contributed by atoms with Gasteiger partial charge in [-0.05, 0) is 48.7 Å². The van der Waals surface area contributed by atoms with E-state index in [2.05, 4.69) is 10.6 Å². The molecular weight excluding hydrogens is 370 g/mol. The smallest absolute Gasteiger partial charge is 0.238 e. The molecule has 0 aliphatic rings. The number of ether oxygens (including phenoxy) is 2. The van der Waals surface area contributed by atoms with E-state index < -0.39 is 0 Å². The Bertz CT molecular complexity index is 890. The molecule has 29 heavy (non-hydrogen) atoms. The number of hydrogen-bond acceptors (Lipinski definition) is 5. The number of aryl methyl sites for hydroxylation is 1. The van der Waals surface area contributed by atoms with E-state index in [4.69, 9.17) is 14.7 Å². The third-order valence-corrected chi connectivity index (χ3v) is 4.11. The molecule has 0 aliphatic heterocycles. The van der Waals surface area contributed by atoms with Gasteiger partial charge in [-0.1, -0.05) is 18.2 Å². The molecule has 0 bridgehead atoms. The van der Waals surface area contributed by atoms with Crippen molar-refractivity contribution >= 4 is 17.5 Å². The Kier molecular flexibility index (Phi) is 8.51. The number of nitrogens with zero attached hydrogens (tertiary/aromatic N) is 1. The second-order valence-corrected chi connectivity index (χ2v) is 6.28. The molecule has 2 aromatic rings. The van der Waals surface area contributed by atoms with E-state index in [1.165, 1.54) is 0 Å². The van der Waals surface area contributed by atoms with Crippen molar-refractivity contribution in [1.82, 2.24) is 5.32 Å². The summed E-state index contributed by atoms with van der Waals surface area (Å²) < 4.78 is 10.8. The number of rotatable bonds is 10. The molecule has 0 radical (unpaired) electrons. The van der Waals surface area contributed by atoms with Crippen LogP contribution >= 0.6 is 0 Å². The molecule has 0 aliphatic carbocycles. The molecule has 7 nitrogen and oxygen atoms in total. The zero-order chi connectivity index (χ0) is 21.1. The number of carbonyl (C=O) groups excluding carboxylic acids is 2. The van der Waals surface area contributed by atoms with E-state index >= 15 is 0 Å². The van der Waals surface area contributed by atoms with Gasteiger partial charge in [-0.3, -0.25) is 9.59 Å². The number of benzene rings is 2. The van der Waals surface area contributed by atoms with Gasteiger partial charge in [0.25, 0.3) is 0 Å². The van der Waals surface area contributed by atoms with Gasteiger partial charge in [0.1, 0.15) is 6.42 Å². The van der Waals surface area contributed by atoms with Crippen LogP contribution in [-0.4, -0.2) is 25.5 Å². The van der Waals surface area contributed by atoms with Crippen LogP contribution in [0.5, 0.6) is 11.5 Å². The molecule has 0 saturated heterocycles. The van der Waals surface area contributed by atoms with Crippen LogP contribution in [0.2, 0.25) is 0 Å². The van der Waals surface area contributed by atoms with Crippen molar-refractivity contribution in [1.29, 1.82) is 5.26 Å². The predicted octanol–water partition coefficient (Wildman–Crippen LogP) is 3.20. The molecule has 0 fully saturated rings. The van der Waals surface area contributed by atoms with Gasteiger partial charge >= 0.3 is 0 Å². The Balaban J connectivity index is 1.84. The first kappa shape index (κ1) is 21.8. The molecule has 152 valence electrons. The van der Waals surface area contributed by atoms with Crippen LogP contribution in [0.4, 0.5) is 5.69 Å². The lowest BCUT2D eigenvalue weighted by atomic mass is 10.1. The first-order chi connectivity index (χ1) is 14.0. The summed E-state index contributed by atoms with van der Waals surface area (Å²) in [5.41, 5.74) is 2.44. The van der Waals surface area contributed by atoms with Crippen LogP contribution in [0.25, 0.3) is 0 Å². The maximum Gasteiger partial charge on any atom is 0.238 e. The summed E-state index contributed by atoms with van der Waals surface area (Å²) in [4.78, 5) is 23.7. The van der Waals surface area contributed by atoms with E-state index in [1.54, 1.807) is 31.4 Å². The molecule has 2 aromatic carbocycles. The Morgan fingerprint density at radius 2 is 1.90 bits per heavy atom. The molecule has 7 heteroatoms. The summed E-state index contributed by atoms with van der Waals surface area (Å²) in [6, 6.07) is 14.6. The van der Waals surface area contributed by atoms with Gasteiger partial charge in [-0.25, -0.2) is 0 Å². The van der Waals surface area contributed by atoms with Gasteiger partial charge in [-0.2, -0.15) is 5.26 Å². The quantitative estimate of drug-likeness (QED) is 0.643. The van der Waals surface area contributed by atoms with Crippen LogP contribution in [0, 0.1) is 11.3 Å². The Hall–Kier alpha value is -3.53. The highest BCUT2D eigenvalue weighted by Crippen LogP contribution is 2.28. The summed E-state index contributed by atoms with van der Waals surface area (Å²) in [5, 5.41) is 14.1. The van der Waals surface area contributed by atoms with Gasteiger partial charge in [-0.15, -0.1) is 0 Å². The molecule has 0 heterocycles. The van der Waals surface area contributed by atoms with E-state index in [0.717, 1.165) is 11.1 Å². The zero-order valence-electron chi connectivity index (χ0n) is 16.7. The SMILES string of the molecule is CCOc1ccc(CCC(=O)NCc2cccc(NC(=O)CC#N)c2)cc1OC. The standard InChI is InChI=1S/C22H25N3O4/c1-3-29-19-9-7-16(14-20(19)28-2)8-10-21(26)24-15-17-5-4-6-18(13-17)25-22(27)11-12-23/h4-7,9,13-14H,3,8,10-11,15H2,1-2H3,(H,24,26)(H,25,27). The Morgan fingerprint density at radius 3 is 2.62 bits per heavy atom. The fourth-order valence-electron chi connectivity index (χ4n) is 2.73. The van der Waals surface area contributed by atoms with Crippen LogP contribution in [0.1, 0.15) is 30.9 Å². The Morgan fingerprint density at radius 1 is 1.07 bits per heavy atom. The van der Waals surface area contributed by atoms with E-state index in [9.17, 15) is 9.59 Å². The van der Waals surface area contributed by atoms with Crippen LogP contribution < -0.4 is 20.1 Å². The largest absolute Gasteiger partial charge is 0.493 e. The first-order valence-electron chi connectivity index (χ1n) is 9.37. The zero-order valence-corrected chi connectivity index (χ0v) is 16.7. The minimum absolute atomic E-state index is 0.0724. The van der Waals surface area contributed by atoms with Crippen molar-refractivity contribution in [2.45, 2.75) is 32.7 Å². The number of anilines is 1. The number of amides is 2. The van der Waals surface area contributed by atoms with Gasteiger partial charge in [0.2, 0.25) is 11.8 Å². The highest BCUT2D eigenvalue weighted by atomic mass is 16.5. The molecule has 0 saturated carbocycles. The minimum Gasteiger partial charge on any atom is -0.493 e. The van der Waals surface area contributed by atoms with Crippen molar-refractivity contribution in [2.75, 3.05) is 19.0 Å². The topological polar surface area (TPSA) is 100 Å². The summed E-state index contributed by atoms with van der Waals surface area (Å²) >= 11 is 0. The number of methoxy groups -OCH3 is 1. The van der Waals surface area contributed by atoms with Gasteiger partial charge in [0, 0.05) is 18.7 Å². The van der Waals surface area contributed by atoms with Gasteiger partial charge in [0.15, 0.2) is 11.5 Å². The number of nitriles is 1. The third-order valence-electron chi connectivity index (χ3n) is 4.11. The highest BCUT2D eigenvalue weighted by molar-refractivity contribution is 5.92. The van der Waals surface area contributed by atoms with E-state index in [1.807, 2.05) is 31.2 Å². The number of nitrogens with one attached hydrogen (secondary N) is 2. The molecular formula is C22H25N3O4. The maximum absolute atomic E-state index is 12.2. The summed E-state index contributed by atoms with van der Waals surface area (Å²) in [6.07, 6.45) is 0.728. The molecule has 0 unspecified atom stereocenters. The van der Waals surface area contributed by atoms with Crippen LogP contribution in [0.15, 0.2) is 42.5 Å². The molecule has 2 N–H and O–H groups in total. The Labute approximate surface area is 170 Å². The average Bonchev–Trinajstić information content (AvgIpc) is 2.72. The summed E-state index contributed by atoms with van der Waals surface area (Å²) in [5.74, 6) is 0.904. The van der Waals surface area contributed by atoms with Crippen molar-refractivity contribution in [3.05, 3.63) is 53.6 Å². The molecule has 0 atom stereocenters. The predicted molar refractivity (Wildman–Crippen MR) is 110 cm³/mol. The molecule has 2 rings (SSSR count). The van der Waals surface area contributed by atoms with Crippen molar-refractivity contribution in [3.63, 3.8) is 0 Å². The fraction of sp³-hybridized carbons (Fsp3) is 0.318. The first-order valence-corrected chi connectivity index (χ1v) is 9.37.